The minimum absolute atomic E-state index is 0.0235. The molecule has 4 nitrogen and oxygen atoms in total. The highest BCUT2D eigenvalue weighted by molar-refractivity contribution is 7.10. The second kappa shape index (κ2) is 8.37. The van der Waals surface area contributed by atoms with Gasteiger partial charge in [0.1, 0.15) is 0 Å². The second-order valence-electron chi connectivity index (χ2n) is 6.49. The van der Waals surface area contributed by atoms with E-state index in [1.807, 2.05) is 43.0 Å². The smallest absolute Gasteiger partial charge is 0.254 e. The van der Waals surface area contributed by atoms with Gasteiger partial charge in [-0.3, -0.25) is 4.79 Å². The van der Waals surface area contributed by atoms with Crippen LogP contribution < -0.4 is 9.47 Å². The largest absolute Gasteiger partial charge is 0.490 e. The Morgan fingerprint density at radius 2 is 1.89 bits per heavy atom. The highest BCUT2D eigenvalue weighted by atomic mass is 32.1. The van der Waals surface area contributed by atoms with E-state index in [0.29, 0.717) is 36.8 Å². The van der Waals surface area contributed by atoms with Gasteiger partial charge in [0.25, 0.3) is 5.91 Å². The number of carbonyl (C=O) groups excluding carboxylic acids is 1. The lowest BCUT2D eigenvalue weighted by atomic mass is 9.97. The molecule has 0 aliphatic carbocycles. The van der Waals surface area contributed by atoms with Gasteiger partial charge in [-0.25, -0.2) is 0 Å². The molecule has 0 spiro atoms. The Labute approximate surface area is 173 Å². The number of hydrogen-bond acceptors (Lipinski definition) is 5. The summed E-state index contributed by atoms with van der Waals surface area (Å²) in [5.41, 5.74) is 1.88. The van der Waals surface area contributed by atoms with E-state index in [4.69, 9.17) is 9.47 Å². The fraction of sp³-hybridized carbons (Fsp3) is 0.318. The molecule has 3 heterocycles. The molecule has 1 aliphatic heterocycles. The molecule has 28 heavy (non-hydrogen) atoms. The molecule has 0 radical (unpaired) electrons. The van der Waals surface area contributed by atoms with Crippen molar-refractivity contribution in [3.8, 4) is 11.5 Å². The molecule has 2 aromatic heterocycles. The zero-order valence-corrected chi connectivity index (χ0v) is 17.6. The summed E-state index contributed by atoms with van der Waals surface area (Å²) in [4.78, 5) is 18.1. The van der Waals surface area contributed by atoms with Gasteiger partial charge in [-0.05, 0) is 66.9 Å². The quantitative estimate of drug-likeness (QED) is 0.543. The van der Waals surface area contributed by atoms with Gasteiger partial charge in [0.05, 0.1) is 19.3 Å². The second-order valence-corrected chi connectivity index (χ2v) is 8.47. The molecule has 1 amide bonds. The third-order valence-corrected chi connectivity index (χ3v) is 6.75. The van der Waals surface area contributed by atoms with Gasteiger partial charge < -0.3 is 14.4 Å². The number of nitrogens with zero attached hydrogens (tertiary/aromatic N) is 1. The van der Waals surface area contributed by atoms with E-state index in [0.717, 1.165) is 6.42 Å². The molecule has 0 N–H and O–H groups in total. The molecule has 4 rings (SSSR count). The Morgan fingerprint density at radius 1 is 1.07 bits per heavy atom. The lowest BCUT2D eigenvalue weighted by molar-refractivity contribution is 0.0698. The van der Waals surface area contributed by atoms with Crippen molar-refractivity contribution in [1.29, 1.82) is 0 Å². The summed E-state index contributed by atoms with van der Waals surface area (Å²) in [7, 11) is 0. The van der Waals surface area contributed by atoms with E-state index in [2.05, 4.69) is 22.9 Å². The first-order valence-electron chi connectivity index (χ1n) is 9.53. The van der Waals surface area contributed by atoms with Gasteiger partial charge in [-0.2, -0.15) is 0 Å². The third-order valence-electron chi connectivity index (χ3n) is 4.83. The van der Waals surface area contributed by atoms with E-state index >= 15 is 0 Å². The first-order valence-corrected chi connectivity index (χ1v) is 11.3. The van der Waals surface area contributed by atoms with Crippen LogP contribution in [0.5, 0.6) is 11.5 Å². The molecular weight excluding hydrogens is 390 g/mol. The predicted molar refractivity (Wildman–Crippen MR) is 114 cm³/mol. The van der Waals surface area contributed by atoms with Crippen molar-refractivity contribution in [3.05, 3.63) is 68.0 Å². The van der Waals surface area contributed by atoms with E-state index in [1.165, 1.54) is 15.3 Å². The molecular formula is C22H23NO3S2. The van der Waals surface area contributed by atoms with Gasteiger partial charge in [0.15, 0.2) is 11.5 Å². The summed E-state index contributed by atoms with van der Waals surface area (Å²) < 4.78 is 11.4. The molecule has 0 saturated carbocycles. The Kier molecular flexibility index (Phi) is 5.69. The van der Waals surface area contributed by atoms with Crippen LogP contribution in [-0.2, 0) is 6.42 Å². The van der Waals surface area contributed by atoms with Crippen molar-refractivity contribution in [2.24, 2.45) is 0 Å². The Morgan fingerprint density at radius 3 is 2.64 bits per heavy atom. The van der Waals surface area contributed by atoms with Crippen molar-refractivity contribution in [1.82, 2.24) is 4.90 Å². The fourth-order valence-corrected chi connectivity index (χ4v) is 5.40. The van der Waals surface area contributed by atoms with Crippen molar-refractivity contribution in [2.45, 2.75) is 26.3 Å². The monoisotopic (exact) mass is 413 g/mol. The summed E-state index contributed by atoms with van der Waals surface area (Å²) in [6.07, 6.45) is 0.899. The maximum atomic E-state index is 13.5. The van der Waals surface area contributed by atoms with Crippen molar-refractivity contribution in [2.75, 3.05) is 19.8 Å². The molecule has 146 valence electrons. The average molecular weight is 414 g/mol. The topological polar surface area (TPSA) is 38.8 Å². The van der Waals surface area contributed by atoms with E-state index in [1.54, 1.807) is 22.7 Å². The van der Waals surface area contributed by atoms with Gasteiger partial charge in [0, 0.05) is 21.9 Å². The summed E-state index contributed by atoms with van der Waals surface area (Å²) >= 11 is 3.48. The zero-order valence-electron chi connectivity index (χ0n) is 16.0. The number of ether oxygens (including phenoxy) is 2. The average Bonchev–Trinajstić information content (AvgIpc) is 3.40. The standard InChI is InChI=1S/C22H23NO3S2/c1-3-25-17-8-7-15(14-18(17)26-4-2)22(24)23-11-9-19-16(10-13-28-19)21(23)20-6-5-12-27-20/h5-8,10,12-14,21H,3-4,9,11H2,1-2H3/t21-/m1/s1. The molecule has 6 heteroatoms. The van der Waals surface area contributed by atoms with Crippen LogP contribution in [0, 0.1) is 0 Å². The van der Waals surface area contributed by atoms with E-state index in [9.17, 15) is 4.79 Å². The van der Waals surface area contributed by atoms with Crippen molar-refractivity contribution in [3.63, 3.8) is 0 Å². The molecule has 0 fully saturated rings. The molecule has 1 atom stereocenters. The maximum Gasteiger partial charge on any atom is 0.254 e. The lowest BCUT2D eigenvalue weighted by Gasteiger charge is -2.35. The summed E-state index contributed by atoms with van der Waals surface area (Å²) in [5, 5.41) is 4.20. The molecule has 3 aromatic rings. The van der Waals surface area contributed by atoms with Crippen LogP contribution in [0.2, 0.25) is 0 Å². The molecule has 1 aliphatic rings. The highest BCUT2D eigenvalue weighted by Crippen LogP contribution is 2.40. The minimum Gasteiger partial charge on any atom is -0.490 e. The van der Waals surface area contributed by atoms with Crippen molar-refractivity contribution < 1.29 is 14.3 Å². The number of rotatable bonds is 6. The van der Waals surface area contributed by atoms with Crippen LogP contribution in [-0.4, -0.2) is 30.6 Å². The number of benzene rings is 1. The zero-order chi connectivity index (χ0) is 19.5. The lowest BCUT2D eigenvalue weighted by Crippen LogP contribution is -2.39. The number of thiophene rings is 2. The van der Waals surface area contributed by atoms with E-state index < -0.39 is 0 Å². The van der Waals surface area contributed by atoms with Gasteiger partial charge in [0.2, 0.25) is 0 Å². The maximum absolute atomic E-state index is 13.5. The number of carbonyl (C=O) groups is 1. The molecule has 0 bridgehead atoms. The molecule has 0 unspecified atom stereocenters. The SMILES string of the molecule is CCOc1ccc(C(=O)N2CCc3sccc3[C@@H]2c2cccs2)cc1OCC. The summed E-state index contributed by atoms with van der Waals surface area (Å²) in [6.45, 7) is 5.66. The fourth-order valence-electron chi connectivity index (χ4n) is 3.64. The summed E-state index contributed by atoms with van der Waals surface area (Å²) in [6, 6.07) is 11.8. The summed E-state index contributed by atoms with van der Waals surface area (Å²) in [5.74, 6) is 1.32. The Balaban J connectivity index is 1.70. The van der Waals surface area contributed by atoms with Crippen LogP contribution in [0.4, 0.5) is 0 Å². The van der Waals surface area contributed by atoms with Crippen LogP contribution in [0.15, 0.2) is 47.2 Å². The van der Waals surface area contributed by atoms with E-state index in [-0.39, 0.29) is 11.9 Å². The first-order chi connectivity index (χ1) is 13.7. The minimum atomic E-state index is -0.0235. The normalized spacial score (nSPS) is 15.9. The van der Waals surface area contributed by atoms with Gasteiger partial charge >= 0.3 is 0 Å². The van der Waals surface area contributed by atoms with Crippen LogP contribution in [0.3, 0.4) is 0 Å². The first kappa shape index (κ1) is 19.0. The third kappa shape index (κ3) is 3.54. The number of amides is 1. The molecule has 1 aromatic carbocycles. The number of hydrogen-bond donors (Lipinski definition) is 0. The molecule has 0 saturated heterocycles. The van der Waals surface area contributed by atoms with Crippen LogP contribution in [0.1, 0.15) is 45.6 Å². The highest BCUT2D eigenvalue weighted by Gasteiger charge is 2.34. The Bertz CT molecular complexity index is 949. The Hall–Kier alpha value is -2.31. The number of fused-ring (bicyclic) bond motifs is 1. The van der Waals surface area contributed by atoms with Gasteiger partial charge in [-0.1, -0.05) is 6.07 Å². The predicted octanol–water partition coefficient (Wildman–Crippen LogP) is 5.39. The van der Waals surface area contributed by atoms with Crippen LogP contribution in [0.25, 0.3) is 0 Å². The van der Waals surface area contributed by atoms with Crippen LogP contribution >= 0.6 is 22.7 Å². The van der Waals surface area contributed by atoms with Gasteiger partial charge in [-0.15, -0.1) is 22.7 Å². The van der Waals surface area contributed by atoms with Crippen molar-refractivity contribution >= 4 is 28.6 Å².